The van der Waals surface area contributed by atoms with E-state index >= 15 is 0 Å². The normalized spacial score (nSPS) is 22.3. The summed E-state index contributed by atoms with van der Waals surface area (Å²) in [5.74, 6) is -1.47. The maximum absolute atomic E-state index is 13.2. The first-order chi connectivity index (χ1) is 18.6. The molecular formula is C27H34N4O7S. The van der Waals surface area contributed by atoms with Crippen LogP contribution in [-0.4, -0.2) is 80.0 Å². The standard InChI is InChI=1S/C27H34N4O7S/c1-17-5-11-21(12-6-17)39(36,37)31-13-3-4-24(31)26(34)30-23(27(35)38-2)14-18-7-9-19(10-8-18)29-25(33)22-15-20(32)16-28-22/h5-12,20,22-24,28,32H,3-4,13-16H2,1-2H3,(H,29,33)(H,30,34)/t20?,22-,23-,24-/m0/s1. The lowest BCUT2D eigenvalue weighted by Gasteiger charge is -2.25. The second kappa shape index (κ2) is 12.2. The van der Waals surface area contributed by atoms with Gasteiger partial charge in [-0.15, -0.1) is 0 Å². The number of nitrogens with zero attached hydrogens (tertiary/aromatic N) is 1. The maximum atomic E-state index is 13.2. The summed E-state index contributed by atoms with van der Waals surface area (Å²) in [6.45, 7) is 2.44. The number of methoxy groups -OCH3 is 1. The number of sulfonamides is 1. The highest BCUT2D eigenvalue weighted by Crippen LogP contribution is 2.27. The van der Waals surface area contributed by atoms with Gasteiger partial charge in [0.15, 0.2) is 0 Å². The minimum absolute atomic E-state index is 0.112. The summed E-state index contributed by atoms with van der Waals surface area (Å²) >= 11 is 0. The average molecular weight is 559 g/mol. The Morgan fingerprint density at radius 1 is 1.10 bits per heavy atom. The molecule has 0 aromatic heterocycles. The van der Waals surface area contributed by atoms with Crippen molar-refractivity contribution in [1.82, 2.24) is 14.9 Å². The third-order valence-electron chi connectivity index (χ3n) is 7.02. The van der Waals surface area contributed by atoms with Crippen molar-refractivity contribution < 1.29 is 32.6 Å². The van der Waals surface area contributed by atoms with E-state index < -0.39 is 46.1 Å². The molecule has 2 aromatic carbocycles. The van der Waals surface area contributed by atoms with Gasteiger partial charge in [-0.2, -0.15) is 4.31 Å². The van der Waals surface area contributed by atoms with Gasteiger partial charge in [0.1, 0.15) is 12.1 Å². The molecule has 39 heavy (non-hydrogen) atoms. The number of amides is 2. The lowest BCUT2D eigenvalue weighted by atomic mass is 10.0. The van der Waals surface area contributed by atoms with E-state index in [1.54, 1.807) is 36.4 Å². The number of benzene rings is 2. The molecule has 2 saturated heterocycles. The Morgan fingerprint density at radius 2 is 1.79 bits per heavy atom. The van der Waals surface area contributed by atoms with Crippen LogP contribution in [0.3, 0.4) is 0 Å². The molecule has 0 aliphatic carbocycles. The first-order valence-electron chi connectivity index (χ1n) is 12.9. The molecule has 12 heteroatoms. The lowest BCUT2D eigenvalue weighted by Crippen LogP contribution is -2.51. The minimum Gasteiger partial charge on any atom is -0.467 e. The summed E-state index contributed by atoms with van der Waals surface area (Å²) in [6, 6.07) is 10.8. The van der Waals surface area contributed by atoms with E-state index in [0.717, 1.165) is 5.56 Å². The smallest absolute Gasteiger partial charge is 0.328 e. The molecule has 2 aliphatic heterocycles. The number of nitrogens with one attached hydrogen (secondary N) is 3. The molecule has 11 nitrogen and oxygen atoms in total. The summed E-state index contributed by atoms with van der Waals surface area (Å²) in [4.78, 5) is 38.2. The lowest BCUT2D eigenvalue weighted by molar-refractivity contribution is -0.145. The quantitative estimate of drug-likeness (QED) is 0.328. The number of β-amino-alcohol motifs (C(OH)–C–C–N with tert-alkyl or cyclic N) is 1. The molecule has 2 aromatic rings. The van der Waals surface area contributed by atoms with E-state index in [1.165, 1.54) is 23.5 Å². The molecule has 4 rings (SSSR count). The van der Waals surface area contributed by atoms with Crippen molar-refractivity contribution in [3.63, 3.8) is 0 Å². The molecule has 2 heterocycles. The van der Waals surface area contributed by atoms with E-state index in [-0.39, 0.29) is 23.8 Å². The van der Waals surface area contributed by atoms with Crippen molar-refractivity contribution in [2.24, 2.45) is 0 Å². The van der Waals surface area contributed by atoms with Crippen LogP contribution in [0.5, 0.6) is 0 Å². The predicted octanol–water partition coefficient (Wildman–Crippen LogP) is 0.710. The van der Waals surface area contributed by atoms with Crippen LogP contribution in [0, 0.1) is 6.92 Å². The number of hydrogen-bond acceptors (Lipinski definition) is 8. The monoisotopic (exact) mass is 558 g/mol. The number of esters is 1. The SMILES string of the molecule is COC(=O)[C@H](Cc1ccc(NC(=O)[C@@H]2CC(O)CN2)cc1)NC(=O)[C@@H]1CCCN1S(=O)(=O)c1ccc(C)cc1. The summed E-state index contributed by atoms with van der Waals surface area (Å²) in [6.07, 6.45) is 0.767. The van der Waals surface area contributed by atoms with Crippen LogP contribution >= 0.6 is 0 Å². The van der Waals surface area contributed by atoms with Gasteiger partial charge in [0, 0.05) is 25.2 Å². The highest BCUT2D eigenvalue weighted by Gasteiger charge is 2.40. The van der Waals surface area contributed by atoms with E-state index in [1.807, 2.05) is 6.92 Å². The fourth-order valence-electron chi connectivity index (χ4n) is 4.84. The Labute approximate surface area is 228 Å². The molecule has 210 valence electrons. The number of anilines is 1. The number of carbonyl (C=O) groups is 3. The average Bonchev–Trinajstić information content (AvgIpc) is 3.59. The van der Waals surface area contributed by atoms with Gasteiger partial charge in [-0.1, -0.05) is 29.8 Å². The summed E-state index contributed by atoms with van der Waals surface area (Å²) in [7, 11) is -2.67. The van der Waals surface area contributed by atoms with Crippen molar-refractivity contribution in [1.29, 1.82) is 0 Å². The van der Waals surface area contributed by atoms with Crippen molar-refractivity contribution in [3.8, 4) is 0 Å². The molecule has 4 N–H and O–H groups in total. The van der Waals surface area contributed by atoms with Gasteiger partial charge in [-0.05, 0) is 56.0 Å². The molecule has 0 bridgehead atoms. The van der Waals surface area contributed by atoms with Crippen LogP contribution in [0.1, 0.15) is 30.4 Å². The molecule has 0 radical (unpaired) electrons. The molecule has 4 atom stereocenters. The number of rotatable bonds is 9. The van der Waals surface area contributed by atoms with Gasteiger partial charge < -0.3 is 25.8 Å². The van der Waals surface area contributed by atoms with Gasteiger partial charge in [0.2, 0.25) is 21.8 Å². The Kier molecular flexibility index (Phi) is 9.01. The van der Waals surface area contributed by atoms with Crippen LogP contribution in [0.4, 0.5) is 5.69 Å². The fraction of sp³-hybridized carbons (Fsp3) is 0.444. The van der Waals surface area contributed by atoms with Gasteiger partial charge >= 0.3 is 5.97 Å². The van der Waals surface area contributed by atoms with Crippen molar-refractivity contribution >= 4 is 33.5 Å². The number of hydrogen-bond donors (Lipinski definition) is 4. The molecule has 0 saturated carbocycles. The van der Waals surface area contributed by atoms with E-state index in [9.17, 15) is 27.9 Å². The Morgan fingerprint density at radius 3 is 2.41 bits per heavy atom. The van der Waals surface area contributed by atoms with Gasteiger partial charge in [-0.3, -0.25) is 9.59 Å². The zero-order chi connectivity index (χ0) is 28.2. The van der Waals surface area contributed by atoms with Crippen molar-refractivity contribution in [2.75, 3.05) is 25.5 Å². The Bertz CT molecular complexity index is 1300. The van der Waals surface area contributed by atoms with Gasteiger partial charge in [0.25, 0.3) is 0 Å². The number of ether oxygens (including phenoxy) is 1. The largest absolute Gasteiger partial charge is 0.467 e. The summed E-state index contributed by atoms with van der Waals surface area (Å²) in [5, 5.41) is 18.0. The summed E-state index contributed by atoms with van der Waals surface area (Å²) < 4.78 is 32.6. The second-order valence-corrected chi connectivity index (χ2v) is 11.8. The van der Waals surface area contributed by atoms with Crippen LogP contribution in [0.2, 0.25) is 0 Å². The fourth-order valence-corrected chi connectivity index (χ4v) is 6.50. The molecule has 1 unspecified atom stereocenters. The van der Waals surface area contributed by atoms with Crippen LogP contribution in [0.25, 0.3) is 0 Å². The molecule has 2 fully saturated rings. The van der Waals surface area contributed by atoms with Gasteiger partial charge in [0.05, 0.1) is 24.2 Å². The Balaban J connectivity index is 1.41. The number of aliphatic hydroxyl groups is 1. The van der Waals surface area contributed by atoms with Crippen molar-refractivity contribution in [3.05, 3.63) is 59.7 Å². The van der Waals surface area contributed by atoms with Crippen molar-refractivity contribution in [2.45, 2.75) is 61.7 Å². The molecule has 2 amide bonds. The third kappa shape index (κ3) is 6.82. The zero-order valence-corrected chi connectivity index (χ0v) is 22.7. The first-order valence-corrected chi connectivity index (χ1v) is 14.3. The maximum Gasteiger partial charge on any atom is 0.328 e. The van der Waals surface area contributed by atoms with E-state index in [4.69, 9.17) is 4.74 Å². The first kappa shape index (κ1) is 28.7. The highest BCUT2D eigenvalue weighted by atomic mass is 32.2. The number of aryl methyl sites for hydroxylation is 1. The van der Waals surface area contributed by atoms with Crippen LogP contribution in [-0.2, 0) is 35.6 Å². The molecule has 0 spiro atoms. The number of aliphatic hydroxyl groups excluding tert-OH is 1. The topological polar surface area (TPSA) is 154 Å². The van der Waals surface area contributed by atoms with E-state index in [0.29, 0.717) is 37.1 Å². The second-order valence-electron chi connectivity index (χ2n) is 9.91. The zero-order valence-electron chi connectivity index (χ0n) is 21.9. The Hall–Kier alpha value is -3.32. The predicted molar refractivity (Wildman–Crippen MR) is 143 cm³/mol. The van der Waals surface area contributed by atoms with Gasteiger partial charge in [-0.25, -0.2) is 13.2 Å². The van der Waals surface area contributed by atoms with E-state index in [2.05, 4.69) is 16.0 Å². The summed E-state index contributed by atoms with van der Waals surface area (Å²) in [5.41, 5.74) is 2.17. The molecule has 2 aliphatic rings. The minimum atomic E-state index is -3.89. The number of carbonyl (C=O) groups excluding carboxylic acids is 3. The highest BCUT2D eigenvalue weighted by molar-refractivity contribution is 7.89. The molecular weight excluding hydrogens is 524 g/mol. The van der Waals surface area contributed by atoms with Crippen LogP contribution < -0.4 is 16.0 Å². The van der Waals surface area contributed by atoms with Crippen LogP contribution in [0.15, 0.2) is 53.4 Å². The third-order valence-corrected chi connectivity index (χ3v) is 8.94.